The van der Waals surface area contributed by atoms with E-state index in [1.807, 2.05) is 18.2 Å². The number of ether oxygens (including phenoxy) is 1. The molecule has 1 N–H and O–H groups in total. The first-order chi connectivity index (χ1) is 8.03. The van der Waals surface area contributed by atoms with Gasteiger partial charge in [0.2, 0.25) is 0 Å². The van der Waals surface area contributed by atoms with Crippen molar-refractivity contribution in [1.82, 2.24) is 0 Å². The second-order valence-corrected chi connectivity index (χ2v) is 5.83. The topological polar surface area (TPSA) is 21.3 Å². The number of halogens is 1. The van der Waals surface area contributed by atoms with Crippen LogP contribution < -0.4 is 10.1 Å². The van der Waals surface area contributed by atoms with E-state index in [2.05, 4.69) is 19.2 Å². The van der Waals surface area contributed by atoms with Crippen molar-refractivity contribution >= 4 is 17.3 Å². The van der Waals surface area contributed by atoms with Crippen molar-refractivity contribution in [1.29, 1.82) is 0 Å². The van der Waals surface area contributed by atoms with Gasteiger partial charge in [0.25, 0.3) is 0 Å². The van der Waals surface area contributed by atoms with Crippen LogP contribution in [0.2, 0.25) is 5.02 Å². The van der Waals surface area contributed by atoms with Crippen LogP contribution in [-0.4, -0.2) is 13.2 Å². The van der Waals surface area contributed by atoms with Crippen molar-refractivity contribution in [3.63, 3.8) is 0 Å². The van der Waals surface area contributed by atoms with E-state index in [1.165, 1.54) is 19.3 Å². The molecule has 0 saturated heterocycles. The van der Waals surface area contributed by atoms with Gasteiger partial charge >= 0.3 is 0 Å². The zero-order chi connectivity index (χ0) is 12.5. The summed E-state index contributed by atoms with van der Waals surface area (Å²) in [5.41, 5.74) is 1.45. The summed E-state index contributed by atoms with van der Waals surface area (Å²) in [7, 11) is 1.63. The fraction of sp³-hybridized carbons (Fsp3) is 0.571. The summed E-state index contributed by atoms with van der Waals surface area (Å²) in [5, 5.41) is 4.24. The molecule has 0 aromatic heterocycles. The maximum atomic E-state index is 6.12. The van der Waals surface area contributed by atoms with Gasteiger partial charge in [0.15, 0.2) is 0 Å². The van der Waals surface area contributed by atoms with E-state index in [0.29, 0.717) is 16.5 Å². The molecule has 1 aliphatic carbocycles. The first-order valence-corrected chi connectivity index (χ1v) is 6.51. The molecule has 0 heterocycles. The van der Waals surface area contributed by atoms with Crippen molar-refractivity contribution in [3.05, 3.63) is 23.2 Å². The molecule has 1 atom stereocenters. The number of methoxy groups -OCH3 is 1. The number of nitrogens with one attached hydrogen (secondary N) is 1. The Morgan fingerprint density at radius 3 is 2.71 bits per heavy atom. The molecule has 94 valence electrons. The van der Waals surface area contributed by atoms with Crippen LogP contribution in [0.5, 0.6) is 5.75 Å². The minimum absolute atomic E-state index is 0.367. The molecule has 0 spiro atoms. The molecule has 1 aromatic rings. The van der Waals surface area contributed by atoms with E-state index in [9.17, 15) is 0 Å². The van der Waals surface area contributed by atoms with Crippen LogP contribution in [0.1, 0.15) is 33.1 Å². The van der Waals surface area contributed by atoms with Gasteiger partial charge in [-0.05, 0) is 36.5 Å². The monoisotopic (exact) mass is 253 g/mol. The Morgan fingerprint density at radius 2 is 2.18 bits per heavy atom. The highest BCUT2D eigenvalue weighted by molar-refractivity contribution is 6.32. The van der Waals surface area contributed by atoms with E-state index >= 15 is 0 Å². The van der Waals surface area contributed by atoms with E-state index < -0.39 is 0 Å². The summed E-state index contributed by atoms with van der Waals surface area (Å²) >= 11 is 6.12. The third kappa shape index (κ3) is 2.68. The number of rotatable bonds is 3. The molecule has 0 bridgehead atoms. The van der Waals surface area contributed by atoms with Crippen LogP contribution in [0.4, 0.5) is 5.69 Å². The van der Waals surface area contributed by atoms with Crippen LogP contribution in [0.3, 0.4) is 0 Å². The number of anilines is 1. The van der Waals surface area contributed by atoms with Gasteiger partial charge in [0.1, 0.15) is 5.75 Å². The van der Waals surface area contributed by atoms with Gasteiger partial charge in [-0.25, -0.2) is 0 Å². The summed E-state index contributed by atoms with van der Waals surface area (Å²) in [6.07, 6.45) is 3.82. The van der Waals surface area contributed by atoms with Crippen molar-refractivity contribution in [2.45, 2.75) is 39.2 Å². The van der Waals surface area contributed by atoms with E-state index in [1.54, 1.807) is 7.11 Å². The van der Waals surface area contributed by atoms with Crippen molar-refractivity contribution < 1.29 is 4.74 Å². The van der Waals surface area contributed by atoms with Gasteiger partial charge in [-0.3, -0.25) is 0 Å². The molecule has 1 unspecified atom stereocenters. The summed E-state index contributed by atoms with van der Waals surface area (Å²) in [4.78, 5) is 0. The molecular weight excluding hydrogens is 234 g/mol. The number of hydrogen-bond acceptors (Lipinski definition) is 2. The smallest absolute Gasteiger partial charge is 0.137 e. The molecule has 2 nitrogen and oxygen atoms in total. The highest BCUT2D eigenvalue weighted by atomic mass is 35.5. The zero-order valence-corrected chi connectivity index (χ0v) is 11.5. The lowest BCUT2D eigenvalue weighted by Crippen LogP contribution is -2.30. The van der Waals surface area contributed by atoms with Crippen molar-refractivity contribution in [3.8, 4) is 5.75 Å². The highest BCUT2D eigenvalue weighted by Gasteiger charge is 2.34. The van der Waals surface area contributed by atoms with Crippen LogP contribution in [0, 0.1) is 5.41 Å². The molecule has 0 amide bonds. The van der Waals surface area contributed by atoms with E-state index in [-0.39, 0.29) is 0 Å². The minimum atomic E-state index is 0.367. The van der Waals surface area contributed by atoms with E-state index in [0.717, 1.165) is 11.4 Å². The summed E-state index contributed by atoms with van der Waals surface area (Å²) in [6, 6.07) is 6.41. The summed E-state index contributed by atoms with van der Waals surface area (Å²) in [6.45, 7) is 4.64. The number of hydrogen-bond donors (Lipinski definition) is 1. The summed E-state index contributed by atoms with van der Waals surface area (Å²) < 4.78 is 5.15. The fourth-order valence-electron chi connectivity index (χ4n) is 2.55. The third-order valence-corrected chi connectivity index (χ3v) is 4.05. The maximum absolute atomic E-state index is 6.12. The highest BCUT2D eigenvalue weighted by Crippen LogP contribution is 2.39. The van der Waals surface area contributed by atoms with E-state index in [4.69, 9.17) is 16.3 Å². The van der Waals surface area contributed by atoms with Gasteiger partial charge in [-0.15, -0.1) is 0 Å². The molecule has 0 radical (unpaired) electrons. The quantitative estimate of drug-likeness (QED) is 0.865. The SMILES string of the molecule is COc1ccc(NC2CCCC2(C)C)cc1Cl. The average molecular weight is 254 g/mol. The lowest BCUT2D eigenvalue weighted by molar-refractivity contribution is 0.350. The predicted octanol–water partition coefficient (Wildman–Crippen LogP) is 4.34. The van der Waals surface area contributed by atoms with Gasteiger partial charge in [0, 0.05) is 11.7 Å². The molecular formula is C14H20ClNO. The molecule has 3 heteroatoms. The van der Waals surface area contributed by atoms with Crippen LogP contribution in [0.25, 0.3) is 0 Å². The average Bonchev–Trinajstić information content (AvgIpc) is 2.59. The van der Waals surface area contributed by atoms with Gasteiger partial charge in [-0.1, -0.05) is 31.9 Å². The van der Waals surface area contributed by atoms with Crippen LogP contribution in [0.15, 0.2) is 18.2 Å². The van der Waals surface area contributed by atoms with Crippen molar-refractivity contribution in [2.24, 2.45) is 5.41 Å². The first kappa shape index (κ1) is 12.6. The second-order valence-electron chi connectivity index (χ2n) is 5.43. The normalized spacial score (nSPS) is 22.5. The second kappa shape index (κ2) is 4.77. The standard InChI is InChI=1S/C14H20ClNO/c1-14(2)8-4-5-13(14)16-10-6-7-12(17-3)11(15)9-10/h6-7,9,13,16H,4-5,8H2,1-3H3. The van der Waals surface area contributed by atoms with Crippen molar-refractivity contribution in [2.75, 3.05) is 12.4 Å². The molecule has 1 saturated carbocycles. The largest absolute Gasteiger partial charge is 0.495 e. The Hall–Kier alpha value is -0.890. The molecule has 17 heavy (non-hydrogen) atoms. The molecule has 2 rings (SSSR count). The first-order valence-electron chi connectivity index (χ1n) is 6.13. The minimum Gasteiger partial charge on any atom is -0.495 e. The van der Waals surface area contributed by atoms with Crippen LogP contribution >= 0.6 is 11.6 Å². The molecule has 1 fully saturated rings. The predicted molar refractivity (Wildman–Crippen MR) is 73.0 cm³/mol. The lowest BCUT2D eigenvalue weighted by atomic mass is 9.87. The molecule has 1 aliphatic rings. The Balaban J connectivity index is 2.11. The zero-order valence-electron chi connectivity index (χ0n) is 10.7. The van der Waals surface area contributed by atoms with Gasteiger partial charge in [0.05, 0.1) is 12.1 Å². The fourth-order valence-corrected chi connectivity index (χ4v) is 2.81. The molecule has 0 aliphatic heterocycles. The lowest BCUT2D eigenvalue weighted by Gasteiger charge is -2.28. The Labute approximate surface area is 108 Å². The summed E-state index contributed by atoms with van der Waals surface area (Å²) in [5.74, 6) is 0.725. The van der Waals surface area contributed by atoms with Gasteiger partial charge in [-0.2, -0.15) is 0 Å². The van der Waals surface area contributed by atoms with Gasteiger partial charge < -0.3 is 10.1 Å². The third-order valence-electron chi connectivity index (χ3n) is 3.75. The maximum Gasteiger partial charge on any atom is 0.137 e. The molecule has 1 aromatic carbocycles. The Bertz CT molecular complexity index is 403. The number of benzene rings is 1. The Kier molecular flexibility index (Phi) is 3.53. The van der Waals surface area contributed by atoms with Crippen LogP contribution in [-0.2, 0) is 0 Å². The Morgan fingerprint density at radius 1 is 1.41 bits per heavy atom.